The average molecular weight is 399 g/mol. The number of sulfonamides is 1. The van der Waals surface area contributed by atoms with Gasteiger partial charge in [-0.15, -0.1) is 0 Å². The molecule has 0 radical (unpaired) electrons. The Kier molecular flexibility index (Phi) is 5.15. The molecule has 2 aromatic rings. The number of amides is 1. The van der Waals surface area contributed by atoms with Gasteiger partial charge in [-0.1, -0.05) is 42.3 Å². The Balaban J connectivity index is 1.58. The van der Waals surface area contributed by atoms with E-state index in [0.717, 1.165) is 17.9 Å². The predicted octanol–water partition coefficient (Wildman–Crippen LogP) is 3.50. The zero-order chi connectivity index (χ0) is 19.7. The monoisotopic (exact) mass is 398 g/mol. The molecule has 2 aromatic carbocycles. The fraction of sp³-hybridized carbons (Fsp3) is 0.409. The van der Waals surface area contributed by atoms with Crippen LogP contribution in [0.4, 0.5) is 5.69 Å². The summed E-state index contributed by atoms with van der Waals surface area (Å²) in [6, 6.07) is 15.7. The van der Waals surface area contributed by atoms with Gasteiger partial charge in [0.05, 0.1) is 10.6 Å². The largest absolute Gasteiger partial charge is 0.352 e. The molecule has 3 atom stereocenters. The molecule has 6 heteroatoms. The number of carbonyl (C=O) groups is 1. The van der Waals surface area contributed by atoms with Crippen LogP contribution >= 0.6 is 0 Å². The minimum atomic E-state index is -3.83. The summed E-state index contributed by atoms with van der Waals surface area (Å²) < 4.78 is 27.7. The first-order valence-electron chi connectivity index (χ1n) is 9.87. The molecule has 0 spiro atoms. The van der Waals surface area contributed by atoms with Gasteiger partial charge >= 0.3 is 0 Å². The van der Waals surface area contributed by atoms with Gasteiger partial charge in [-0.2, -0.15) is 0 Å². The number of benzene rings is 2. The maximum Gasteiger partial charge on any atom is 0.264 e. The SMILES string of the molecule is Cc1ccc(N(CC(=O)N[C@H]2C[C@@H]3CC[C@H]2C3)S(=O)(=O)c2ccccc2)cc1. The van der Waals surface area contributed by atoms with Gasteiger partial charge in [0.2, 0.25) is 5.91 Å². The normalized spacial score (nSPS) is 23.5. The van der Waals surface area contributed by atoms with Gasteiger partial charge in [0.25, 0.3) is 10.0 Å². The molecule has 4 rings (SSSR count). The van der Waals surface area contributed by atoms with Crippen LogP contribution in [-0.4, -0.2) is 26.9 Å². The number of hydrogen-bond acceptors (Lipinski definition) is 3. The van der Waals surface area contributed by atoms with E-state index in [1.807, 2.05) is 19.1 Å². The lowest BCUT2D eigenvalue weighted by atomic mass is 9.95. The zero-order valence-electron chi connectivity index (χ0n) is 16.0. The number of nitrogens with one attached hydrogen (secondary N) is 1. The molecule has 1 amide bonds. The fourth-order valence-electron chi connectivity index (χ4n) is 4.55. The summed E-state index contributed by atoms with van der Waals surface area (Å²) in [4.78, 5) is 13.0. The summed E-state index contributed by atoms with van der Waals surface area (Å²) in [6.45, 7) is 1.73. The molecule has 0 aromatic heterocycles. The maximum absolute atomic E-state index is 13.3. The van der Waals surface area contributed by atoms with Crippen LogP contribution in [0, 0.1) is 18.8 Å². The Morgan fingerprint density at radius 1 is 1.04 bits per heavy atom. The average Bonchev–Trinajstić information content (AvgIpc) is 3.31. The third-order valence-corrected chi connectivity index (χ3v) is 7.81. The molecule has 148 valence electrons. The fourth-order valence-corrected chi connectivity index (χ4v) is 5.99. The number of anilines is 1. The van der Waals surface area contributed by atoms with Gasteiger partial charge in [0, 0.05) is 6.04 Å². The van der Waals surface area contributed by atoms with Crippen LogP contribution in [0.1, 0.15) is 31.2 Å². The third kappa shape index (κ3) is 3.78. The first-order valence-corrected chi connectivity index (χ1v) is 11.3. The van der Waals surface area contributed by atoms with Crippen molar-refractivity contribution in [2.45, 2.75) is 43.5 Å². The summed E-state index contributed by atoms with van der Waals surface area (Å²) in [6.07, 6.45) is 4.63. The van der Waals surface area contributed by atoms with Gasteiger partial charge in [0.1, 0.15) is 6.54 Å². The molecule has 28 heavy (non-hydrogen) atoms. The van der Waals surface area contributed by atoms with E-state index in [2.05, 4.69) is 5.32 Å². The molecule has 0 heterocycles. The van der Waals surface area contributed by atoms with E-state index in [1.54, 1.807) is 42.5 Å². The second kappa shape index (κ2) is 7.59. The van der Waals surface area contributed by atoms with Gasteiger partial charge in [0.15, 0.2) is 0 Å². The highest BCUT2D eigenvalue weighted by Gasteiger charge is 2.40. The van der Waals surface area contributed by atoms with E-state index in [1.165, 1.54) is 23.6 Å². The molecule has 0 unspecified atom stereocenters. The number of aryl methyl sites for hydroxylation is 1. The molecule has 2 aliphatic carbocycles. The smallest absolute Gasteiger partial charge is 0.264 e. The number of fused-ring (bicyclic) bond motifs is 2. The molecule has 5 nitrogen and oxygen atoms in total. The van der Waals surface area contributed by atoms with Crippen LogP contribution in [0.3, 0.4) is 0 Å². The lowest BCUT2D eigenvalue weighted by Gasteiger charge is -2.27. The topological polar surface area (TPSA) is 66.5 Å². The van der Waals surface area contributed by atoms with Crippen LogP contribution in [0.15, 0.2) is 59.5 Å². The van der Waals surface area contributed by atoms with E-state index in [-0.39, 0.29) is 23.4 Å². The molecule has 1 N–H and O–H groups in total. The number of carbonyl (C=O) groups excluding carboxylic acids is 1. The predicted molar refractivity (Wildman–Crippen MR) is 110 cm³/mol. The Hall–Kier alpha value is -2.34. The van der Waals surface area contributed by atoms with Crippen molar-refractivity contribution in [1.82, 2.24) is 5.32 Å². The van der Waals surface area contributed by atoms with Gasteiger partial charge in [-0.3, -0.25) is 9.10 Å². The Morgan fingerprint density at radius 3 is 2.36 bits per heavy atom. The van der Waals surface area contributed by atoms with Crippen LogP contribution in [0.25, 0.3) is 0 Å². The second-order valence-electron chi connectivity index (χ2n) is 8.01. The number of hydrogen-bond donors (Lipinski definition) is 1. The summed E-state index contributed by atoms with van der Waals surface area (Å²) in [7, 11) is -3.83. The van der Waals surface area contributed by atoms with Gasteiger partial charge in [-0.05, 0) is 62.3 Å². The maximum atomic E-state index is 13.3. The molecule has 2 saturated carbocycles. The lowest BCUT2D eigenvalue weighted by Crippen LogP contribution is -2.45. The van der Waals surface area contributed by atoms with E-state index in [0.29, 0.717) is 11.6 Å². The summed E-state index contributed by atoms with van der Waals surface area (Å²) in [5.41, 5.74) is 1.53. The third-order valence-electron chi connectivity index (χ3n) is 6.02. The van der Waals surface area contributed by atoms with E-state index in [4.69, 9.17) is 0 Å². The summed E-state index contributed by atoms with van der Waals surface area (Å²) in [5.74, 6) is 1.03. The molecule has 2 aliphatic rings. The Bertz CT molecular complexity index is 942. The van der Waals surface area contributed by atoms with Crippen molar-refractivity contribution in [3.8, 4) is 0 Å². The quantitative estimate of drug-likeness (QED) is 0.810. The number of rotatable bonds is 6. The Labute approximate surface area is 166 Å². The van der Waals surface area contributed by atoms with Crippen molar-refractivity contribution in [3.63, 3.8) is 0 Å². The number of nitrogens with zero attached hydrogens (tertiary/aromatic N) is 1. The van der Waals surface area contributed by atoms with Crippen molar-refractivity contribution in [2.24, 2.45) is 11.8 Å². The van der Waals surface area contributed by atoms with E-state index in [9.17, 15) is 13.2 Å². The Morgan fingerprint density at radius 2 is 1.75 bits per heavy atom. The highest BCUT2D eigenvalue weighted by atomic mass is 32.2. The minimum absolute atomic E-state index is 0.184. The lowest BCUT2D eigenvalue weighted by molar-refractivity contribution is -0.120. The van der Waals surface area contributed by atoms with Crippen molar-refractivity contribution in [3.05, 3.63) is 60.2 Å². The van der Waals surface area contributed by atoms with Crippen LogP contribution < -0.4 is 9.62 Å². The van der Waals surface area contributed by atoms with Gasteiger partial charge in [-0.25, -0.2) is 8.42 Å². The zero-order valence-corrected chi connectivity index (χ0v) is 16.9. The molecule has 0 aliphatic heterocycles. The first kappa shape index (κ1) is 19.0. The van der Waals surface area contributed by atoms with Crippen molar-refractivity contribution >= 4 is 21.6 Å². The molecule has 0 saturated heterocycles. The van der Waals surface area contributed by atoms with Gasteiger partial charge < -0.3 is 5.32 Å². The van der Waals surface area contributed by atoms with E-state index >= 15 is 0 Å². The highest BCUT2D eigenvalue weighted by molar-refractivity contribution is 7.92. The standard InChI is InChI=1S/C22H26N2O3S/c1-16-7-11-19(12-8-16)24(28(26,27)20-5-3-2-4-6-20)15-22(25)23-21-14-17-9-10-18(21)13-17/h2-8,11-12,17-18,21H,9-10,13-15H2,1H3,(H,23,25)/t17-,18+,21+/m1/s1. The van der Waals surface area contributed by atoms with Crippen LogP contribution in [-0.2, 0) is 14.8 Å². The van der Waals surface area contributed by atoms with Crippen molar-refractivity contribution in [1.29, 1.82) is 0 Å². The minimum Gasteiger partial charge on any atom is -0.352 e. The van der Waals surface area contributed by atoms with Crippen molar-refractivity contribution in [2.75, 3.05) is 10.8 Å². The first-order chi connectivity index (χ1) is 13.4. The molecular weight excluding hydrogens is 372 g/mol. The van der Waals surface area contributed by atoms with Crippen LogP contribution in [0.2, 0.25) is 0 Å². The highest BCUT2D eigenvalue weighted by Crippen LogP contribution is 2.44. The molecular formula is C22H26N2O3S. The second-order valence-corrected chi connectivity index (χ2v) is 9.87. The summed E-state index contributed by atoms with van der Waals surface area (Å²) >= 11 is 0. The summed E-state index contributed by atoms with van der Waals surface area (Å²) in [5, 5.41) is 3.10. The molecule has 2 bridgehead atoms. The molecule has 2 fully saturated rings. The van der Waals surface area contributed by atoms with E-state index < -0.39 is 10.0 Å². The van der Waals surface area contributed by atoms with Crippen molar-refractivity contribution < 1.29 is 13.2 Å². The van der Waals surface area contributed by atoms with Crippen LogP contribution in [0.5, 0.6) is 0 Å².